The fourth-order valence-corrected chi connectivity index (χ4v) is 1.88. The minimum atomic E-state index is 0.0198. The Morgan fingerprint density at radius 3 is 3.07 bits per heavy atom. The molecule has 1 aliphatic heterocycles. The predicted molar refractivity (Wildman–Crippen MR) is 60.0 cm³/mol. The molecule has 0 bridgehead atoms. The molecular formula is C12H10N2O. The van der Waals surface area contributed by atoms with E-state index >= 15 is 0 Å². The second-order valence-electron chi connectivity index (χ2n) is 3.60. The van der Waals surface area contributed by atoms with Crippen molar-refractivity contribution in [1.29, 1.82) is 0 Å². The lowest BCUT2D eigenvalue weighted by molar-refractivity contribution is -0.116. The quantitative estimate of drug-likeness (QED) is 0.691. The molecule has 0 unspecified atom stereocenters. The minimum absolute atomic E-state index is 0.0198. The van der Waals surface area contributed by atoms with Gasteiger partial charge in [0.1, 0.15) is 0 Å². The Balaban J connectivity index is 2.32. The molecule has 1 aliphatic rings. The number of para-hydroxylation sites is 1. The largest absolute Gasteiger partial charge is 0.273 e. The van der Waals surface area contributed by atoms with E-state index < -0.39 is 0 Å². The van der Waals surface area contributed by atoms with Gasteiger partial charge in [-0.2, -0.15) is 0 Å². The molecule has 0 saturated carbocycles. The molecule has 2 aromatic rings. The van der Waals surface area contributed by atoms with Gasteiger partial charge in [-0.3, -0.25) is 14.9 Å². The lowest BCUT2D eigenvalue weighted by atomic mass is 10.2. The molecule has 2 heterocycles. The van der Waals surface area contributed by atoms with Crippen molar-refractivity contribution in [3.8, 4) is 0 Å². The summed E-state index contributed by atoms with van der Waals surface area (Å²) in [7, 11) is 0. The number of amides is 1. The topological polar surface area (TPSA) is 34.0 Å². The van der Waals surface area contributed by atoms with Crippen LogP contribution < -0.4 is 5.43 Å². The first kappa shape index (κ1) is 8.29. The number of hydrogen-bond acceptors (Lipinski definition) is 1. The zero-order valence-electron chi connectivity index (χ0n) is 8.10. The maximum Gasteiger partial charge on any atom is 0.242 e. The first-order valence-electron chi connectivity index (χ1n) is 4.91. The lowest BCUT2D eigenvalue weighted by Crippen LogP contribution is -2.21. The molecule has 3 heteroatoms. The summed E-state index contributed by atoms with van der Waals surface area (Å²) in [5.74, 6) is 0.0198. The van der Waals surface area contributed by atoms with Crippen LogP contribution >= 0.6 is 0 Å². The number of carbonyl (C=O) groups is 1. The van der Waals surface area contributed by atoms with E-state index in [-0.39, 0.29) is 5.91 Å². The van der Waals surface area contributed by atoms with Crippen LogP contribution in [0.4, 0.5) is 0 Å². The number of hydrogen-bond donors (Lipinski definition) is 1. The average molecular weight is 198 g/mol. The summed E-state index contributed by atoms with van der Waals surface area (Å²) in [5.41, 5.74) is 4.91. The maximum absolute atomic E-state index is 11.4. The first-order valence-corrected chi connectivity index (χ1v) is 4.91. The van der Waals surface area contributed by atoms with Crippen LogP contribution in [0.3, 0.4) is 0 Å². The monoisotopic (exact) mass is 198 g/mol. The number of carbonyl (C=O) groups excluding carboxylic acids is 1. The van der Waals surface area contributed by atoms with Crippen LogP contribution in [0.2, 0.25) is 0 Å². The van der Waals surface area contributed by atoms with Crippen molar-refractivity contribution in [3.05, 3.63) is 42.1 Å². The third-order valence-electron chi connectivity index (χ3n) is 2.57. The van der Waals surface area contributed by atoms with Crippen molar-refractivity contribution in [3.63, 3.8) is 0 Å². The summed E-state index contributed by atoms with van der Waals surface area (Å²) in [6.07, 6.45) is 4.29. The molecule has 1 amide bonds. The van der Waals surface area contributed by atoms with Gasteiger partial charge < -0.3 is 0 Å². The third kappa shape index (κ3) is 1.24. The Labute approximate surface area is 87.0 Å². The van der Waals surface area contributed by atoms with Crippen LogP contribution in [0.25, 0.3) is 17.0 Å². The van der Waals surface area contributed by atoms with Crippen molar-refractivity contribution in [2.45, 2.75) is 6.42 Å². The molecule has 0 saturated heterocycles. The standard InChI is InChI=1S/C12H10N2O/c15-12-7-3-5-10-8-9-4-1-2-6-11(9)14(10)13-12/h1-6,8H,7H2,(H,13,15). The van der Waals surface area contributed by atoms with Crippen molar-refractivity contribution >= 4 is 22.9 Å². The van der Waals surface area contributed by atoms with Crippen molar-refractivity contribution < 1.29 is 4.79 Å². The molecule has 15 heavy (non-hydrogen) atoms. The van der Waals surface area contributed by atoms with Crippen molar-refractivity contribution in [2.24, 2.45) is 0 Å². The van der Waals surface area contributed by atoms with E-state index in [4.69, 9.17) is 0 Å². The number of nitrogens with one attached hydrogen (secondary N) is 1. The van der Waals surface area contributed by atoms with Crippen LogP contribution in [-0.4, -0.2) is 10.6 Å². The molecule has 1 aromatic carbocycles. The first-order chi connectivity index (χ1) is 7.34. The van der Waals surface area contributed by atoms with Gasteiger partial charge >= 0.3 is 0 Å². The van der Waals surface area contributed by atoms with Gasteiger partial charge in [-0.25, -0.2) is 0 Å². The summed E-state index contributed by atoms with van der Waals surface area (Å²) in [5, 5.41) is 1.14. The van der Waals surface area contributed by atoms with E-state index in [0.717, 1.165) is 16.6 Å². The number of fused-ring (bicyclic) bond motifs is 3. The van der Waals surface area contributed by atoms with Crippen LogP contribution in [0, 0.1) is 0 Å². The fraction of sp³-hybridized carbons (Fsp3) is 0.0833. The number of aromatic nitrogens is 1. The maximum atomic E-state index is 11.4. The van der Waals surface area contributed by atoms with Crippen molar-refractivity contribution in [2.75, 3.05) is 5.43 Å². The molecule has 1 N–H and O–H groups in total. The minimum Gasteiger partial charge on any atom is -0.273 e. The Morgan fingerprint density at radius 2 is 2.13 bits per heavy atom. The molecule has 0 fully saturated rings. The zero-order valence-corrected chi connectivity index (χ0v) is 8.10. The highest BCUT2D eigenvalue weighted by atomic mass is 16.2. The number of rotatable bonds is 0. The highest BCUT2D eigenvalue weighted by Crippen LogP contribution is 2.20. The van der Waals surface area contributed by atoms with Gasteiger partial charge in [-0.15, -0.1) is 0 Å². The van der Waals surface area contributed by atoms with Gasteiger partial charge in [0, 0.05) is 11.8 Å². The normalized spacial score (nSPS) is 14.8. The van der Waals surface area contributed by atoms with Gasteiger partial charge in [-0.1, -0.05) is 24.3 Å². The molecule has 3 nitrogen and oxygen atoms in total. The summed E-state index contributed by atoms with van der Waals surface area (Å²) < 4.78 is 1.83. The van der Waals surface area contributed by atoms with Gasteiger partial charge in [0.15, 0.2) is 0 Å². The second kappa shape index (κ2) is 2.98. The molecule has 0 spiro atoms. The third-order valence-corrected chi connectivity index (χ3v) is 2.57. The SMILES string of the molecule is O=C1CC=Cc2cc3ccccc3n2N1. The zero-order chi connectivity index (χ0) is 10.3. The summed E-state index contributed by atoms with van der Waals surface area (Å²) in [4.78, 5) is 11.4. The molecule has 0 atom stereocenters. The fourth-order valence-electron chi connectivity index (χ4n) is 1.88. The van der Waals surface area contributed by atoms with Crippen molar-refractivity contribution in [1.82, 2.24) is 4.68 Å². The van der Waals surface area contributed by atoms with Crippen LogP contribution in [0.15, 0.2) is 36.4 Å². The lowest BCUT2D eigenvalue weighted by Gasteiger charge is -2.06. The summed E-state index contributed by atoms with van der Waals surface area (Å²) in [6.45, 7) is 0. The Morgan fingerprint density at radius 1 is 1.27 bits per heavy atom. The number of nitrogens with zero attached hydrogens (tertiary/aromatic N) is 1. The van der Waals surface area contributed by atoms with Crippen LogP contribution in [0.5, 0.6) is 0 Å². The molecular weight excluding hydrogens is 188 g/mol. The van der Waals surface area contributed by atoms with Gasteiger partial charge in [0.05, 0.1) is 11.2 Å². The molecule has 74 valence electrons. The van der Waals surface area contributed by atoms with E-state index in [1.165, 1.54) is 0 Å². The van der Waals surface area contributed by atoms with Gasteiger partial charge in [-0.05, 0) is 18.2 Å². The predicted octanol–water partition coefficient (Wildman–Crippen LogP) is 2.13. The van der Waals surface area contributed by atoms with Crippen LogP contribution in [-0.2, 0) is 4.79 Å². The molecule has 1 aromatic heterocycles. The molecule has 0 aliphatic carbocycles. The number of benzene rings is 1. The Hall–Kier alpha value is -2.03. The molecule has 3 rings (SSSR count). The van der Waals surface area contributed by atoms with Gasteiger partial charge in [0.25, 0.3) is 0 Å². The van der Waals surface area contributed by atoms with E-state index in [2.05, 4.69) is 11.5 Å². The van der Waals surface area contributed by atoms with E-state index in [1.807, 2.05) is 41.1 Å². The summed E-state index contributed by atoms with van der Waals surface area (Å²) >= 11 is 0. The smallest absolute Gasteiger partial charge is 0.242 e. The second-order valence-corrected chi connectivity index (χ2v) is 3.60. The molecule has 0 radical (unpaired) electrons. The highest BCUT2D eigenvalue weighted by Gasteiger charge is 2.11. The Bertz CT molecular complexity index is 566. The van der Waals surface area contributed by atoms with E-state index in [0.29, 0.717) is 6.42 Å². The van der Waals surface area contributed by atoms with E-state index in [9.17, 15) is 4.79 Å². The highest BCUT2D eigenvalue weighted by molar-refractivity contribution is 5.92. The Kier molecular flexibility index (Phi) is 1.65. The summed E-state index contributed by atoms with van der Waals surface area (Å²) in [6, 6.07) is 10.1. The van der Waals surface area contributed by atoms with Gasteiger partial charge in [0.2, 0.25) is 5.91 Å². The van der Waals surface area contributed by atoms with Crippen LogP contribution in [0.1, 0.15) is 12.1 Å². The van der Waals surface area contributed by atoms with E-state index in [1.54, 1.807) is 0 Å². The average Bonchev–Trinajstić information content (AvgIpc) is 2.47.